The Morgan fingerprint density at radius 3 is 2.54 bits per heavy atom. The van der Waals surface area contributed by atoms with Gasteiger partial charge in [0.25, 0.3) is 0 Å². The summed E-state index contributed by atoms with van der Waals surface area (Å²) in [6.07, 6.45) is -0.785. The smallest absolute Gasteiger partial charge is 0.247 e. The normalized spacial score (nSPS) is 15.8. The third-order valence-electron chi connectivity index (χ3n) is 6.89. The predicted octanol–water partition coefficient (Wildman–Crippen LogP) is 1.97. The number of carbonyl (C=O) groups is 4. The van der Waals surface area contributed by atoms with E-state index in [0.29, 0.717) is 23.4 Å². The van der Waals surface area contributed by atoms with E-state index in [9.17, 15) is 24.3 Å². The van der Waals surface area contributed by atoms with E-state index in [4.69, 9.17) is 4.42 Å². The van der Waals surface area contributed by atoms with Gasteiger partial charge < -0.3 is 25.1 Å². The van der Waals surface area contributed by atoms with Crippen LogP contribution in [0.4, 0.5) is 0 Å². The second kappa shape index (κ2) is 12.9. The van der Waals surface area contributed by atoms with Crippen LogP contribution in [0, 0.1) is 12.8 Å². The lowest BCUT2D eigenvalue weighted by molar-refractivity contribution is -0.147. The van der Waals surface area contributed by atoms with Gasteiger partial charge in [-0.3, -0.25) is 19.2 Å². The van der Waals surface area contributed by atoms with E-state index in [0.717, 1.165) is 11.1 Å². The van der Waals surface area contributed by atoms with E-state index in [-0.39, 0.29) is 37.1 Å². The van der Waals surface area contributed by atoms with Crippen molar-refractivity contribution in [2.75, 3.05) is 13.1 Å². The first kappa shape index (κ1) is 29.6. The predicted molar refractivity (Wildman–Crippen MR) is 148 cm³/mol. The van der Waals surface area contributed by atoms with E-state index in [1.807, 2.05) is 45.0 Å². The molecule has 1 aliphatic rings. The van der Waals surface area contributed by atoms with Crippen LogP contribution in [0.15, 0.2) is 52.9 Å². The minimum Gasteiger partial charge on any atom is -0.422 e. The Bertz CT molecular complexity index is 1430. The van der Waals surface area contributed by atoms with Crippen LogP contribution in [0.2, 0.25) is 0 Å². The molecule has 0 aliphatic carbocycles. The van der Waals surface area contributed by atoms with Gasteiger partial charge >= 0.3 is 0 Å². The van der Waals surface area contributed by atoms with E-state index >= 15 is 0 Å². The Labute approximate surface area is 238 Å². The maximum absolute atomic E-state index is 13.9. The lowest BCUT2D eigenvalue weighted by Crippen LogP contribution is -2.56. The first-order chi connectivity index (χ1) is 19.5. The largest absolute Gasteiger partial charge is 0.422 e. The molecule has 1 aliphatic heterocycles. The van der Waals surface area contributed by atoms with Gasteiger partial charge in [0.15, 0.2) is 6.10 Å². The van der Waals surface area contributed by atoms with Crippen molar-refractivity contribution >= 4 is 23.5 Å². The number of piperazine rings is 1. The summed E-state index contributed by atoms with van der Waals surface area (Å²) >= 11 is 0. The number of aromatic nitrogens is 2. The van der Waals surface area contributed by atoms with E-state index in [2.05, 4.69) is 20.8 Å². The van der Waals surface area contributed by atoms with Crippen molar-refractivity contribution in [1.82, 2.24) is 25.7 Å². The van der Waals surface area contributed by atoms with Gasteiger partial charge in [-0.05, 0) is 36.5 Å². The molecular formula is C30H35N5O6. The molecule has 3 atom stereocenters. The SMILES string of the molecule is CC(=O)Cc1cccc(C(C(=O)N[C@@H](C(C)C)C(O)c2nnc(Cc3cccc(C)c3)o2)N2CC(=O)NCC2=O)c1. The van der Waals surface area contributed by atoms with Crippen molar-refractivity contribution in [2.45, 2.75) is 58.7 Å². The molecule has 1 fully saturated rings. The molecular weight excluding hydrogens is 526 g/mol. The minimum atomic E-state index is -1.33. The van der Waals surface area contributed by atoms with Gasteiger partial charge in [-0.15, -0.1) is 10.2 Å². The van der Waals surface area contributed by atoms with Crippen LogP contribution in [-0.2, 0) is 32.0 Å². The summed E-state index contributed by atoms with van der Waals surface area (Å²) in [4.78, 5) is 51.9. The molecule has 2 heterocycles. The van der Waals surface area contributed by atoms with Crippen LogP contribution < -0.4 is 10.6 Å². The summed E-state index contributed by atoms with van der Waals surface area (Å²) in [6.45, 7) is 6.54. The number of nitrogens with one attached hydrogen (secondary N) is 2. The number of Topliss-reactive ketones (excluding diaryl/α,β-unsaturated/α-hetero) is 1. The number of rotatable bonds is 11. The Kier molecular flexibility index (Phi) is 9.28. The second-order valence-corrected chi connectivity index (χ2v) is 10.7. The molecule has 2 aromatic carbocycles. The van der Waals surface area contributed by atoms with E-state index < -0.39 is 35.9 Å². The monoisotopic (exact) mass is 561 g/mol. The molecule has 0 radical (unpaired) electrons. The summed E-state index contributed by atoms with van der Waals surface area (Å²) in [5.74, 6) is -1.46. The highest BCUT2D eigenvalue weighted by Gasteiger charge is 2.38. The summed E-state index contributed by atoms with van der Waals surface area (Å²) in [6, 6.07) is 12.7. The Balaban J connectivity index is 1.59. The number of hydrogen-bond donors (Lipinski definition) is 3. The van der Waals surface area contributed by atoms with Crippen molar-refractivity contribution in [3.05, 3.63) is 82.6 Å². The molecule has 0 saturated carbocycles. The van der Waals surface area contributed by atoms with Crippen molar-refractivity contribution in [3.63, 3.8) is 0 Å². The van der Waals surface area contributed by atoms with Gasteiger partial charge in [0, 0.05) is 6.42 Å². The molecule has 41 heavy (non-hydrogen) atoms. The molecule has 11 nitrogen and oxygen atoms in total. The average molecular weight is 562 g/mol. The number of benzene rings is 2. The number of ketones is 1. The molecule has 1 aromatic heterocycles. The standard InChI is InChI=1S/C30H35N5O6/c1-17(2)26(28(39)30-34-33-24(41-30)14-20-8-5-7-18(3)11-20)32-29(40)27(35-16-23(37)31-15-25(35)38)22-10-6-9-21(13-22)12-19(4)36/h5-11,13,17,26-28,39H,12,14-16H2,1-4H3,(H,31,37)(H,32,40)/t26-,27?,28?/m0/s1. The summed E-state index contributed by atoms with van der Waals surface area (Å²) in [5, 5.41) is 24.7. The molecule has 3 aromatic rings. The van der Waals surface area contributed by atoms with Gasteiger partial charge in [0.2, 0.25) is 29.5 Å². The fourth-order valence-corrected chi connectivity index (χ4v) is 4.90. The second-order valence-electron chi connectivity index (χ2n) is 10.7. The van der Waals surface area contributed by atoms with Crippen molar-refractivity contribution in [3.8, 4) is 0 Å². The molecule has 3 N–H and O–H groups in total. The van der Waals surface area contributed by atoms with Gasteiger partial charge in [0.05, 0.1) is 19.0 Å². The zero-order valence-electron chi connectivity index (χ0n) is 23.6. The lowest BCUT2D eigenvalue weighted by Gasteiger charge is -2.35. The van der Waals surface area contributed by atoms with Gasteiger partial charge in [0.1, 0.15) is 18.4 Å². The van der Waals surface area contributed by atoms with Crippen molar-refractivity contribution < 1.29 is 28.7 Å². The fraction of sp³-hybridized carbons (Fsp3) is 0.400. The van der Waals surface area contributed by atoms with Crippen LogP contribution in [-0.4, -0.2) is 62.8 Å². The maximum atomic E-state index is 13.9. The molecule has 11 heteroatoms. The summed E-state index contributed by atoms with van der Waals surface area (Å²) in [7, 11) is 0. The van der Waals surface area contributed by atoms with Crippen LogP contribution >= 0.6 is 0 Å². The van der Waals surface area contributed by atoms with Gasteiger partial charge in [-0.25, -0.2) is 0 Å². The molecule has 4 rings (SSSR count). The minimum absolute atomic E-state index is 0.0416. The Morgan fingerprint density at radius 1 is 1.10 bits per heavy atom. The average Bonchev–Trinajstić information content (AvgIpc) is 3.37. The first-order valence-corrected chi connectivity index (χ1v) is 13.5. The van der Waals surface area contributed by atoms with Crippen LogP contribution in [0.25, 0.3) is 0 Å². The third-order valence-corrected chi connectivity index (χ3v) is 6.89. The zero-order chi connectivity index (χ0) is 29.7. The third kappa shape index (κ3) is 7.43. The number of amides is 3. The molecule has 2 unspecified atom stereocenters. The quantitative estimate of drug-likeness (QED) is 0.321. The summed E-state index contributed by atoms with van der Waals surface area (Å²) in [5.41, 5.74) is 3.19. The molecule has 0 spiro atoms. The van der Waals surface area contributed by atoms with Crippen LogP contribution in [0.5, 0.6) is 0 Å². The molecule has 0 bridgehead atoms. The lowest BCUT2D eigenvalue weighted by atomic mass is 9.95. The van der Waals surface area contributed by atoms with Crippen molar-refractivity contribution in [1.29, 1.82) is 0 Å². The number of aliphatic hydroxyl groups is 1. The number of aliphatic hydroxyl groups excluding tert-OH is 1. The number of hydrogen-bond acceptors (Lipinski definition) is 8. The Morgan fingerprint density at radius 2 is 1.83 bits per heavy atom. The van der Waals surface area contributed by atoms with Gasteiger partial charge in [-0.1, -0.05) is 67.9 Å². The molecule has 3 amide bonds. The molecule has 216 valence electrons. The number of carbonyl (C=O) groups excluding carboxylic acids is 4. The first-order valence-electron chi connectivity index (χ1n) is 13.5. The van der Waals surface area contributed by atoms with Crippen LogP contribution in [0.3, 0.4) is 0 Å². The van der Waals surface area contributed by atoms with Crippen molar-refractivity contribution in [2.24, 2.45) is 5.92 Å². The number of nitrogens with zero attached hydrogens (tertiary/aromatic N) is 3. The van der Waals surface area contributed by atoms with E-state index in [1.54, 1.807) is 24.3 Å². The highest BCUT2D eigenvalue weighted by atomic mass is 16.4. The topological polar surface area (TPSA) is 155 Å². The number of aryl methyl sites for hydroxylation is 1. The van der Waals surface area contributed by atoms with Crippen LogP contribution in [0.1, 0.15) is 67.0 Å². The van der Waals surface area contributed by atoms with E-state index in [1.165, 1.54) is 11.8 Å². The highest BCUT2D eigenvalue weighted by molar-refractivity contribution is 5.96. The van der Waals surface area contributed by atoms with Gasteiger partial charge in [-0.2, -0.15) is 0 Å². The highest BCUT2D eigenvalue weighted by Crippen LogP contribution is 2.27. The zero-order valence-corrected chi connectivity index (χ0v) is 23.6. The summed E-state index contributed by atoms with van der Waals surface area (Å²) < 4.78 is 5.77. The maximum Gasteiger partial charge on any atom is 0.247 e. The Hall–Kier alpha value is -4.38. The fourth-order valence-electron chi connectivity index (χ4n) is 4.90. The molecule has 1 saturated heterocycles.